The van der Waals surface area contributed by atoms with Crippen molar-refractivity contribution >= 4 is 0 Å². The van der Waals surface area contributed by atoms with Gasteiger partial charge in [-0.15, -0.1) is 0 Å². The van der Waals surface area contributed by atoms with E-state index in [0.717, 1.165) is 30.0 Å². The summed E-state index contributed by atoms with van der Waals surface area (Å²) in [6, 6.07) is 20.4. The van der Waals surface area contributed by atoms with Crippen LogP contribution in [0.2, 0.25) is 0 Å². The number of likely N-dealkylation sites (N-methyl/N-ethyl adjacent to an activating group) is 1. The molecule has 0 fully saturated rings. The lowest BCUT2D eigenvalue weighted by molar-refractivity contribution is 0.00527. The van der Waals surface area contributed by atoms with Crippen LogP contribution >= 0.6 is 0 Å². The van der Waals surface area contributed by atoms with Crippen molar-refractivity contribution in [3.05, 3.63) is 83.7 Å². The van der Waals surface area contributed by atoms with E-state index in [4.69, 9.17) is 9.47 Å². The van der Waals surface area contributed by atoms with Crippen molar-refractivity contribution in [3.63, 3.8) is 0 Å². The highest BCUT2D eigenvalue weighted by Crippen LogP contribution is 2.33. The van der Waals surface area contributed by atoms with Crippen molar-refractivity contribution in [2.24, 2.45) is 7.05 Å². The molecule has 0 aliphatic heterocycles. The van der Waals surface area contributed by atoms with E-state index >= 15 is 0 Å². The fourth-order valence-electron chi connectivity index (χ4n) is 3.29. The lowest BCUT2D eigenvalue weighted by Crippen LogP contribution is -2.31. The molecule has 5 heteroatoms. The van der Waals surface area contributed by atoms with Gasteiger partial charge in [-0.3, -0.25) is 4.68 Å². The molecule has 3 rings (SSSR count). The summed E-state index contributed by atoms with van der Waals surface area (Å²) in [4.78, 5) is 0. The maximum Gasteiger partial charge on any atom is 0.128 e. The minimum atomic E-state index is -0.268. The number of rotatable bonds is 9. The summed E-state index contributed by atoms with van der Waals surface area (Å²) in [7, 11) is 5.57. The first kappa shape index (κ1) is 19.1. The quantitative estimate of drug-likeness (QED) is 0.632. The predicted octanol–water partition coefficient (Wildman–Crippen LogP) is 3.37. The highest BCUT2D eigenvalue weighted by atomic mass is 16.5. The van der Waals surface area contributed by atoms with Crippen LogP contribution in [0.4, 0.5) is 0 Å². The molecule has 0 spiro atoms. The summed E-state index contributed by atoms with van der Waals surface area (Å²) in [5.41, 5.74) is 3.24. The Morgan fingerprint density at radius 3 is 2.44 bits per heavy atom. The number of aromatic nitrogens is 2. The Morgan fingerprint density at radius 1 is 1.04 bits per heavy atom. The van der Waals surface area contributed by atoms with Crippen molar-refractivity contribution < 1.29 is 9.47 Å². The third-order valence-corrected chi connectivity index (χ3v) is 4.62. The third-order valence-electron chi connectivity index (χ3n) is 4.62. The first-order valence-corrected chi connectivity index (χ1v) is 9.17. The summed E-state index contributed by atoms with van der Waals surface area (Å²) in [6.45, 7) is 0.748. The Kier molecular flexibility index (Phi) is 6.63. The van der Waals surface area contributed by atoms with Crippen molar-refractivity contribution in [3.8, 4) is 5.75 Å². The lowest BCUT2D eigenvalue weighted by atomic mass is 10.0. The fraction of sp³-hybridized carbons (Fsp3) is 0.318. The van der Waals surface area contributed by atoms with Crippen molar-refractivity contribution in [1.29, 1.82) is 0 Å². The van der Waals surface area contributed by atoms with E-state index in [1.807, 2.05) is 49.1 Å². The maximum absolute atomic E-state index is 6.65. The van der Waals surface area contributed by atoms with Gasteiger partial charge in [0, 0.05) is 25.4 Å². The zero-order valence-corrected chi connectivity index (χ0v) is 16.1. The Hall–Kier alpha value is -2.63. The average molecular weight is 365 g/mol. The topological polar surface area (TPSA) is 48.3 Å². The van der Waals surface area contributed by atoms with Crippen LogP contribution in [0.3, 0.4) is 0 Å². The number of para-hydroxylation sites is 1. The molecule has 0 radical (unpaired) electrons. The molecule has 1 aromatic heterocycles. The van der Waals surface area contributed by atoms with E-state index in [2.05, 4.69) is 40.7 Å². The zero-order chi connectivity index (χ0) is 19.1. The molecule has 5 nitrogen and oxygen atoms in total. The number of hydrogen-bond donors (Lipinski definition) is 1. The molecule has 0 saturated heterocycles. The molecule has 0 aliphatic carbocycles. The number of nitrogens with zero attached hydrogens (tertiary/aromatic N) is 2. The van der Waals surface area contributed by atoms with E-state index in [-0.39, 0.29) is 12.2 Å². The predicted molar refractivity (Wildman–Crippen MR) is 107 cm³/mol. The molecule has 0 bridgehead atoms. The van der Waals surface area contributed by atoms with E-state index in [0.29, 0.717) is 0 Å². The number of ether oxygens (including phenoxy) is 2. The first-order valence-electron chi connectivity index (χ1n) is 9.17. The maximum atomic E-state index is 6.65. The minimum absolute atomic E-state index is 0.00205. The van der Waals surface area contributed by atoms with E-state index in [1.54, 1.807) is 13.3 Å². The summed E-state index contributed by atoms with van der Waals surface area (Å²) < 4.78 is 14.1. The van der Waals surface area contributed by atoms with Gasteiger partial charge in [0.25, 0.3) is 0 Å². The molecule has 2 unspecified atom stereocenters. The van der Waals surface area contributed by atoms with Crippen molar-refractivity contribution in [1.82, 2.24) is 15.1 Å². The number of benzene rings is 2. The summed E-state index contributed by atoms with van der Waals surface area (Å²) in [5, 5.41) is 7.59. The van der Waals surface area contributed by atoms with Crippen LogP contribution in [-0.2, 0) is 18.2 Å². The SMILES string of the molecule is CNCC(Cc1ccccc1)OC(c1ccccc1OC)c1ccnn1C. The molecule has 142 valence electrons. The Bertz CT molecular complexity index is 832. The van der Waals surface area contributed by atoms with Gasteiger partial charge in [-0.25, -0.2) is 0 Å². The van der Waals surface area contributed by atoms with Gasteiger partial charge in [0.1, 0.15) is 11.9 Å². The molecule has 0 aliphatic rings. The minimum Gasteiger partial charge on any atom is -0.496 e. The second-order valence-corrected chi connectivity index (χ2v) is 6.51. The van der Waals surface area contributed by atoms with Gasteiger partial charge in [-0.1, -0.05) is 48.5 Å². The van der Waals surface area contributed by atoms with Crippen molar-refractivity contribution in [2.75, 3.05) is 20.7 Å². The molecule has 2 aromatic carbocycles. The molecule has 0 amide bonds. The van der Waals surface area contributed by atoms with Gasteiger partial charge in [0.15, 0.2) is 0 Å². The fourth-order valence-corrected chi connectivity index (χ4v) is 3.29. The van der Waals surface area contributed by atoms with Crippen LogP contribution < -0.4 is 10.1 Å². The molecule has 3 aromatic rings. The highest BCUT2D eigenvalue weighted by Gasteiger charge is 2.25. The van der Waals surface area contributed by atoms with Crippen LogP contribution in [0.1, 0.15) is 22.9 Å². The summed E-state index contributed by atoms with van der Waals surface area (Å²) in [6.07, 6.45) is 2.36. The van der Waals surface area contributed by atoms with Gasteiger partial charge in [-0.2, -0.15) is 5.10 Å². The zero-order valence-electron chi connectivity index (χ0n) is 16.1. The molecule has 2 atom stereocenters. The van der Waals surface area contributed by atoms with Gasteiger partial charge >= 0.3 is 0 Å². The third kappa shape index (κ3) is 4.76. The second kappa shape index (κ2) is 9.35. The molecular weight excluding hydrogens is 338 g/mol. The molecular formula is C22H27N3O2. The second-order valence-electron chi connectivity index (χ2n) is 6.51. The molecule has 1 heterocycles. The van der Waals surface area contributed by atoms with Crippen LogP contribution in [-0.4, -0.2) is 36.6 Å². The van der Waals surface area contributed by atoms with E-state index < -0.39 is 0 Å². The molecule has 1 N–H and O–H groups in total. The largest absolute Gasteiger partial charge is 0.496 e. The molecule has 0 saturated carbocycles. The van der Waals surface area contributed by atoms with Crippen LogP contribution in [0.5, 0.6) is 5.75 Å². The van der Waals surface area contributed by atoms with E-state index in [9.17, 15) is 0 Å². The van der Waals surface area contributed by atoms with Gasteiger partial charge in [-0.05, 0) is 31.2 Å². The van der Waals surface area contributed by atoms with Gasteiger partial charge < -0.3 is 14.8 Å². The first-order chi connectivity index (χ1) is 13.2. The van der Waals surface area contributed by atoms with Gasteiger partial charge in [0.05, 0.1) is 18.9 Å². The van der Waals surface area contributed by atoms with Crippen LogP contribution in [0, 0.1) is 0 Å². The monoisotopic (exact) mass is 365 g/mol. The average Bonchev–Trinajstić information content (AvgIpc) is 3.12. The highest BCUT2D eigenvalue weighted by molar-refractivity contribution is 5.39. The number of hydrogen-bond acceptors (Lipinski definition) is 4. The van der Waals surface area contributed by atoms with Gasteiger partial charge in [0.2, 0.25) is 0 Å². The van der Waals surface area contributed by atoms with E-state index in [1.165, 1.54) is 5.56 Å². The van der Waals surface area contributed by atoms with Crippen molar-refractivity contribution in [2.45, 2.75) is 18.6 Å². The summed E-state index contributed by atoms with van der Waals surface area (Å²) >= 11 is 0. The Balaban J connectivity index is 1.93. The Morgan fingerprint density at radius 2 is 1.78 bits per heavy atom. The Labute approximate surface area is 160 Å². The number of nitrogens with one attached hydrogen (secondary N) is 1. The number of methoxy groups -OCH3 is 1. The molecule has 27 heavy (non-hydrogen) atoms. The summed E-state index contributed by atoms with van der Waals surface area (Å²) in [5.74, 6) is 0.812. The number of aryl methyl sites for hydroxylation is 1. The van der Waals surface area contributed by atoms with Crippen LogP contribution in [0.15, 0.2) is 66.9 Å². The smallest absolute Gasteiger partial charge is 0.128 e. The van der Waals surface area contributed by atoms with Crippen LogP contribution in [0.25, 0.3) is 0 Å². The normalized spacial score (nSPS) is 13.3. The standard InChI is InChI=1S/C22H27N3O2/c1-23-16-18(15-17-9-5-4-6-10-17)27-22(20-13-14-24-25(20)2)19-11-7-8-12-21(19)26-3/h4-14,18,22-23H,15-16H2,1-3H3. The lowest BCUT2D eigenvalue weighted by Gasteiger charge is -2.27.